The van der Waals surface area contributed by atoms with Crippen molar-refractivity contribution in [1.82, 2.24) is 29.8 Å². The van der Waals surface area contributed by atoms with Gasteiger partial charge in [0.25, 0.3) is 0 Å². The first-order valence-corrected chi connectivity index (χ1v) is 9.78. The molecule has 3 heterocycles. The molecule has 0 fully saturated rings. The first kappa shape index (κ1) is 19.9. The summed E-state index contributed by atoms with van der Waals surface area (Å²) in [5, 5.41) is 11.4. The van der Waals surface area contributed by atoms with E-state index in [0.29, 0.717) is 0 Å². The molecule has 0 radical (unpaired) electrons. The van der Waals surface area contributed by atoms with Crippen LogP contribution in [0.2, 0.25) is 0 Å². The van der Waals surface area contributed by atoms with Crippen molar-refractivity contribution in [2.45, 2.75) is 46.6 Å². The summed E-state index contributed by atoms with van der Waals surface area (Å²) in [5.74, 6) is 0.812. The molecule has 0 aromatic carbocycles. The zero-order valence-electron chi connectivity index (χ0n) is 17.7. The maximum Gasteiger partial charge on any atom is 0.191 e. The van der Waals surface area contributed by atoms with Gasteiger partial charge in [-0.1, -0.05) is 6.07 Å². The third-order valence-corrected chi connectivity index (χ3v) is 5.18. The maximum absolute atomic E-state index is 4.73. The molecule has 2 N–H and O–H groups in total. The van der Waals surface area contributed by atoms with Crippen molar-refractivity contribution >= 4 is 11.6 Å². The smallest absolute Gasteiger partial charge is 0.191 e. The second-order valence-electron chi connectivity index (χ2n) is 7.43. The van der Waals surface area contributed by atoms with E-state index in [0.717, 1.165) is 42.4 Å². The number of nitrogens with one attached hydrogen (secondary N) is 2. The fraction of sp³-hybridized carbons (Fsp3) is 0.476. The minimum absolute atomic E-state index is 0.255. The standard InChI is InChI=1S/C21H31N7/c1-14-8-7-11-28-13-18(25-20(14)28)9-10-23-21(22-5)24-15(2)12-19-16(3)26-27(6)17(19)4/h7-8,11,13,15H,9-10,12H2,1-6H3,(H2,22,23,24). The first-order valence-electron chi connectivity index (χ1n) is 9.78. The summed E-state index contributed by atoms with van der Waals surface area (Å²) < 4.78 is 4.03. The number of aryl methyl sites for hydroxylation is 3. The van der Waals surface area contributed by atoms with E-state index in [-0.39, 0.29) is 6.04 Å². The molecule has 1 atom stereocenters. The Balaban J connectivity index is 1.53. The van der Waals surface area contributed by atoms with E-state index in [1.165, 1.54) is 16.8 Å². The van der Waals surface area contributed by atoms with E-state index in [4.69, 9.17) is 4.98 Å². The predicted octanol–water partition coefficient (Wildman–Crippen LogP) is 2.33. The van der Waals surface area contributed by atoms with E-state index >= 15 is 0 Å². The van der Waals surface area contributed by atoms with E-state index in [1.807, 2.05) is 24.0 Å². The average Bonchev–Trinajstić information content (AvgIpc) is 3.18. The molecular weight excluding hydrogens is 350 g/mol. The molecule has 7 heteroatoms. The number of aliphatic imine (C=N–C) groups is 1. The van der Waals surface area contributed by atoms with Crippen LogP contribution >= 0.6 is 0 Å². The van der Waals surface area contributed by atoms with Crippen LogP contribution in [0.25, 0.3) is 5.65 Å². The third-order valence-electron chi connectivity index (χ3n) is 5.18. The number of imidazole rings is 1. The zero-order valence-corrected chi connectivity index (χ0v) is 17.7. The highest BCUT2D eigenvalue weighted by atomic mass is 15.3. The van der Waals surface area contributed by atoms with Crippen LogP contribution < -0.4 is 10.6 Å². The van der Waals surface area contributed by atoms with Gasteiger partial charge in [0.05, 0.1) is 11.4 Å². The first-order chi connectivity index (χ1) is 13.4. The van der Waals surface area contributed by atoms with Crippen LogP contribution in [0.1, 0.15) is 35.1 Å². The topological polar surface area (TPSA) is 71.5 Å². The Hall–Kier alpha value is -2.83. The van der Waals surface area contributed by atoms with Gasteiger partial charge in [-0.2, -0.15) is 5.10 Å². The molecule has 150 valence electrons. The zero-order chi connectivity index (χ0) is 20.3. The highest BCUT2D eigenvalue weighted by Gasteiger charge is 2.14. The Bertz CT molecular complexity index is 980. The molecule has 7 nitrogen and oxygen atoms in total. The largest absolute Gasteiger partial charge is 0.356 e. The van der Waals surface area contributed by atoms with Gasteiger partial charge in [0.2, 0.25) is 0 Å². The van der Waals surface area contributed by atoms with Gasteiger partial charge in [0.15, 0.2) is 5.96 Å². The van der Waals surface area contributed by atoms with Crippen molar-refractivity contribution in [3.63, 3.8) is 0 Å². The van der Waals surface area contributed by atoms with E-state index in [9.17, 15) is 0 Å². The number of fused-ring (bicyclic) bond motifs is 1. The van der Waals surface area contributed by atoms with Crippen LogP contribution in [0.15, 0.2) is 29.5 Å². The number of hydrogen-bond acceptors (Lipinski definition) is 3. The molecule has 3 aromatic heterocycles. The molecular formula is C21H31N7. The van der Waals surface area contributed by atoms with Gasteiger partial charge in [-0.15, -0.1) is 0 Å². The number of nitrogens with zero attached hydrogens (tertiary/aromatic N) is 5. The predicted molar refractivity (Wildman–Crippen MR) is 114 cm³/mol. The van der Waals surface area contributed by atoms with Gasteiger partial charge in [0.1, 0.15) is 5.65 Å². The van der Waals surface area contributed by atoms with Gasteiger partial charge in [-0.25, -0.2) is 4.98 Å². The van der Waals surface area contributed by atoms with E-state index < -0.39 is 0 Å². The van der Waals surface area contributed by atoms with Crippen molar-refractivity contribution in [2.75, 3.05) is 13.6 Å². The summed E-state index contributed by atoms with van der Waals surface area (Å²) in [6, 6.07) is 4.39. The lowest BCUT2D eigenvalue weighted by Gasteiger charge is -2.18. The lowest BCUT2D eigenvalue weighted by molar-refractivity contribution is 0.635. The molecule has 3 rings (SSSR count). The molecule has 0 saturated heterocycles. The maximum atomic E-state index is 4.73. The molecule has 0 aliphatic rings. The summed E-state index contributed by atoms with van der Waals surface area (Å²) in [6.07, 6.45) is 5.89. The molecule has 28 heavy (non-hydrogen) atoms. The summed E-state index contributed by atoms with van der Waals surface area (Å²) in [5.41, 5.74) is 6.91. The van der Waals surface area contributed by atoms with Crippen LogP contribution in [0.3, 0.4) is 0 Å². The molecule has 0 aliphatic heterocycles. The van der Waals surface area contributed by atoms with Crippen LogP contribution in [0.5, 0.6) is 0 Å². The SMILES string of the molecule is CN=C(NCCc1cn2cccc(C)c2n1)NC(C)Cc1c(C)nn(C)c1C. The quantitative estimate of drug-likeness (QED) is 0.508. The Morgan fingerprint density at radius 2 is 2.07 bits per heavy atom. The molecule has 1 unspecified atom stereocenters. The van der Waals surface area contributed by atoms with Crippen molar-refractivity contribution < 1.29 is 0 Å². The van der Waals surface area contributed by atoms with Crippen LogP contribution in [0.4, 0.5) is 0 Å². The van der Waals surface area contributed by atoms with E-state index in [1.54, 1.807) is 7.05 Å². The number of pyridine rings is 1. The Labute approximate surface area is 166 Å². The third kappa shape index (κ3) is 4.35. The molecule has 0 amide bonds. The minimum Gasteiger partial charge on any atom is -0.356 e. The lowest BCUT2D eigenvalue weighted by atomic mass is 10.1. The second-order valence-corrected chi connectivity index (χ2v) is 7.43. The minimum atomic E-state index is 0.255. The lowest BCUT2D eigenvalue weighted by Crippen LogP contribution is -2.43. The van der Waals surface area contributed by atoms with Gasteiger partial charge in [0, 0.05) is 51.2 Å². The van der Waals surface area contributed by atoms with Crippen LogP contribution in [-0.4, -0.2) is 44.8 Å². The monoisotopic (exact) mass is 381 g/mol. The Morgan fingerprint density at radius 3 is 2.71 bits per heavy atom. The summed E-state index contributed by atoms with van der Waals surface area (Å²) >= 11 is 0. The molecule has 0 saturated carbocycles. The van der Waals surface area contributed by atoms with Crippen molar-refractivity contribution in [1.29, 1.82) is 0 Å². The number of hydrogen-bond donors (Lipinski definition) is 2. The number of rotatable bonds is 6. The Kier molecular flexibility index (Phi) is 6.02. The normalized spacial score (nSPS) is 13.1. The van der Waals surface area contributed by atoms with Gasteiger partial charge < -0.3 is 15.0 Å². The van der Waals surface area contributed by atoms with Crippen molar-refractivity contribution in [3.8, 4) is 0 Å². The van der Waals surface area contributed by atoms with Crippen molar-refractivity contribution in [3.05, 3.63) is 52.7 Å². The fourth-order valence-electron chi connectivity index (χ4n) is 3.53. The van der Waals surface area contributed by atoms with Gasteiger partial charge in [-0.05, 0) is 51.3 Å². The molecule has 0 aliphatic carbocycles. The number of guanidine groups is 1. The summed E-state index contributed by atoms with van der Waals surface area (Å²) in [6.45, 7) is 9.22. The molecule has 3 aromatic rings. The number of aromatic nitrogens is 4. The van der Waals surface area contributed by atoms with Crippen molar-refractivity contribution in [2.24, 2.45) is 12.0 Å². The van der Waals surface area contributed by atoms with Gasteiger partial charge in [-0.3, -0.25) is 9.67 Å². The Morgan fingerprint density at radius 1 is 1.29 bits per heavy atom. The van der Waals surface area contributed by atoms with Gasteiger partial charge >= 0.3 is 0 Å². The highest BCUT2D eigenvalue weighted by molar-refractivity contribution is 5.79. The fourth-order valence-corrected chi connectivity index (χ4v) is 3.53. The van der Waals surface area contributed by atoms with Crippen LogP contribution in [0, 0.1) is 20.8 Å². The molecule has 0 bridgehead atoms. The average molecular weight is 382 g/mol. The van der Waals surface area contributed by atoms with E-state index in [2.05, 4.69) is 65.1 Å². The van der Waals surface area contributed by atoms with Crippen LogP contribution in [-0.2, 0) is 19.9 Å². The second kappa shape index (κ2) is 8.46. The summed E-state index contributed by atoms with van der Waals surface area (Å²) in [7, 11) is 3.79. The molecule has 0 spiro atoms. The highest BCUT2D eigenvalue weighted by Crippen LogP contribution is 2.14. The summed E-state index contributed by atoms with van der Waals surface area (Å²) in [4.78, 5) is 9.08.